The van der Waals surface area contributed by atoms with Crippen molar-refractivity contribution in [3.8, 4) is 0 Å². The fourth-order valence-electron chi connectivity index (χ4n) is 3.18. The van der Waals surface area contributed by atoms with E-state index in [9.17, 15) is 4.79 Å². The van der Waals surface area contributed by atoms with E-state index in [0.717, 1.165) is 42.9 Å². The number of anilines is 1. The van der Waals surface area contributed by atoms with Gasteiger partial charge in [0.05, 0.1) is 6.42 Å². The van der Waals surface area contributed by atoms with Gasteiger partial charge in [-0.15, -0.1) is 0 Å². The van der Waals surface area contributed by atoms with Crippen LogP contribution in [0.15, 0.2) is 48.8 Å². The summed E-state index contributed by atoms with van der Waals surface area (Å²) in [4.78, 5) is 14.2. The molecule has 0 amide bonds. The zero-order valence-corrected chi connectivity index (χ0v) is 19.5. The van der Waals surface area contributed by atoms with E-state index in [-0.39, 0.29) is 12.1 Å². The minimum Gasteiger partial charge on any atom is -0.461 e. The first-order valence-electron chi connectivity index (χ1n) is 10.5. The Morgan fingerprint density at radius 2 is 1.80 bits per heavy atom. The first-order chi connectivity index (χ1) is 14.6. The molecule has 1 aliphatic rings. The average Bonchev–Trinajstić information content (AvgIpc) is 3.02. The molecule has 2 aromatic rings. The first kappa shape index (κ1) is 22.8. The molecule has 1 aromatic heterocycles. The monoisotopic (exact) mass is 443 g/mol. The SMILES string of the molecule is CN(C)c1ccc(/C=C/c2cc[n+](CCCC(=O)OC3CCCSSC3)cc2)cc1. The minimum absolute atomic E-state index is 0.0621. The van der Waals surface area contributed by atoms with Crippen LogP contribution in [-0.2, 0) is 16.1 Å². The largest absolute Gasteiger partial charge is 0.461 e. The highest BCUT2D eigenvalue weighted by Gasteiger charge is 2.17. The summed E-state index contributed by atoms with van der Waals surface area (Å²) in [6, 6.07) is 12.7. The van der Waals surface area contributed by atoms with Crippen molar-refractivity contribution in [2.45, 2.75) is 38.3 Å². The topological polar surface area (TPSA) is 33.4 Å². The van der Waals surface area contributed by atoms with Gasteiger partial charge in [0.25, 0.3) is 0 Å². The number of nitrogens with zero attached hydrogens (tertiary/aromatic N) is 2. The summed E-state index contributed by atoms with van der Waals surface area (Å²) in [6.45, 7) is 0.820. The van der Waals surface area contributed by atoms with Gasteiger partial charge in [-0.25, -0.2) is 4.57 Å². The van der Waals surface area contributed by atoms with E-state index < -0.39 is 0 Å². The predicted molar refractivity (Wildman–Crippen MR) is 130 cm³/mol. The molecule has 2 heterocycles. The van der Waals surface area contributed by atoms with Gasteiger partial charge >= 0.3 is 5.97 Å². The maximum Gasteiger partial charge on any atom is 0.306 e. The second-order valence-corrected chi connectivity index (χ2v) is 10.3. The molecule has 0 N–H and O–H groups in total. The number of carbonyl (C=O) groups excluding carboxylic acids is 1. The highest BCUT2D eigenvalue weighted by Crippen LogP contribution is 2.29. The zero-order chi connectivity index (χ0) is 21.2. The van der Waals surface area contributed by atoms with Crippen molar-refractivity contribution in [3.63, 3.8) is 0 Å². The number of benzene rings is 1. The molecule has 1 saturated heterocycles. The molecular weight excluding hydrogens is 412 g/mol. The van der Waals surface area contributed by atoms with Crippen molar-refractivity contribution < 1.29 is 14.1 Å². The van der Waals surface area contributed by atoms with Gasteiger partial charge in [0, 0.05) is 49.8 Å². The van der Waals surface area contributed by atoms with E-state index >= 15 is 0 Å². The van der Waals surface area contributed by atoms with Gasteiger partial charge in [-0.2, -0.15) is 0 Å². The number of rotatable bonds is 8. The quantitative estimate of drug-likeness (QED) is 0.323. The van der Waals surface area contributed by atoms with Crippen molar-refractivity contribution in [1.82, 2.24) is 0 Å². The van der Waals surface area contributed by atoms with Crippen molar-refractivity contribution in [3.05, 3.63) is 59.9 Å². The number of aryl methyl sites for hydroxylation is 1. The van der Waals surface area contributed by atoms with Crippen molar-refractivity contribution in [2.24, 2.45) is 0 Å². The van der Waals surface area contributed by atoms with Gasteiger partial charge in [0.1, 0.15) is 12.6 Å². The Labute approximate surface area is 188 Å². The van der Waals surface area contributed by atoms with Crippen LogP contribution < -0.4 is 9.47 Å². The molecule has 3 rings (SSSR count). The van der Waals surface area contributed by atoms with Gasteiger partial charge in [-0.05, 0) is 36.1 Å². The Morgan fingerprint density at radius 1 is 1.10 bits per heavy atom. The normalized spacial score (nSPS) is 16.9. The van der Waals surface area contributed by atoms with E-state index in [2.05, 4.69) is 70.4 Å². The maximum atomic E-state index is 12.1. The summed E-state index contributed by atoms with van der Waals surface area (Å²) < 4.78 is 7.75. The van der Waals surface area contributed by atoms with Crippen LogP contribution in [0.5, 0.6) is 0 Å². The minimum atomic E-state index is -0.0621. The molecular formula is C24H31N2O2S2+. The lowest BCUT2D eigenvalue weighted by Crippen LogP contribution is -2.33. The molecule has 0 aliphatic carbocycles. The fourth-order valence-corrected chi connectivity index (χ4v) is 5.52. The van der Waals surface area contributed by atoms with Gasteiger partial charge in [0.2, 0.25) is 0 Å². The van der Waals surface area contributed by atoms with Crippen LogP contribution in [0.3, 0.4) is 0 Å². The van der Waals surface area contributed by atoms with Gasteiger partial charge in [-0.3, -0.25) is 4.79 Å². The van der Waals surface area contributed by atoms with Gasteiger partial charge < -0.3 is 9.64 Å². The maximum absolute atomic E-state index is 12.1. The Balaban J connectivity index is 1.41. The molecule has 0 spiro atoms. The van der Waals surface area contributed by atoms with E-state index in [1.165, 1.54) is 11.3 Å². The summed E-state index contributed by atoms with van der Waals surface area (Å²) in [5.74, 6) is 2.01. The molecule has 6 heteroatoms. The predicted octanol–water partition coefficient (Wildman–Crippen LogP) is 5.08. The smallest absolute Gasteiger partial charge is 0.306 e. The number of carbonyl (C=O) groups is 1. The molecule has 1 fully saturated rings. The lowest BCUT2D eigenvalue weighted by molar-refractivity contribution is -0.697. The van der Waals surface area contributed by atoms with Crippen LogP contribution >= 0.6 is 21.6 Å². The van der Waals surface area contributed by atoms with Crippen LogP contribution in [-0.4, -0.2) is 37.7 Å². The van der Waals surface area contributed by atoms with Gasteiger partial charge in [0.15, 0.2) is 12.4 Å². The average molecular weight is 444 g/mol. The molecule has 1 atom stereocenters. The van der Waals surface area contributed by atoms with Crippen LogP contribution in [0.1, 0.15) is 36.8 Å². The summed E-state index contributed by atoms with van der Waals surface area (Å²) in [7, 11) is 7.79. The number of ether oxygens (including phenoxy) is 1. The molecule has 0 bridgehead atoms. The van der Waals surface area contributed by atoms with E-state index in [4.69, 9.17) is 4.74 Å². The summed E-state index contributed by atoms with van der Waals surface area (Å²) in [6.07, 6.45) is 11.9. The molecule has 160 valence electrons. The third-order valence-corrected chi connectivity index (χ3v) is 7.52. The second-order valence-electron chi connectivity index (χ2n) is 7.65. The Hall–Kier alpha value is -1.92. The van der Waals surface area contributed by atoms with Crippen molar-refractivity contribution >= 4 is 45.4 Å². The molecule has 1 unspecified atom stereocenters. The number of esters is 1. The van der Waals surface area contributed by atoms with Crippen molar-refractivity contribution in [2.75, 3.05) is 30.5 Å². The second kappa shape index (κ2) is 12.1. The van der Waals surface area contributed by atoms with Gasteiger partial charge in [-0.1, -0.05) is 45.9 Å². The van der Waals surface area contributed by atoms with Crippen LogP contribution in [0.4, 0.5) is 5.69 Å². The molecule has 0 radical (unpaired) electrons. The first-order valence-corrected chi connectivity index (χ1v) is 13.0. The van der Waals surface area contributed by atoms with E-state index in [1.54, 1.807) is 0 Å². The van der Waals surface area contributed by atoms with E-state index in [1.807, 2.05) is 35.7 Å². The van der Waals surface area contributed by atoms with Crippen LogP contribution in [0.2, 0.25) is 0 Å². The number of pyridine rings is 1. The Kier molecular flexibility index (Phi) is 9.15. The zero-order valence-electron chi connectivity index (χ0n) is 17.8. The highest BCUT2D eigenvalue weighted by atomic mass is 33.1. The third-order valence-electron chi connectivity index (χ3n) is 4.98. The number of hydrogen-bond acceptors (Lipinski definition) is 5. The molecule has 30 heavy (non-hydrogen) atoms. The van der Waals surface area contributed by atoms with Crippen LogP contribution in [0.25, 0.3) is 12.2 Å². The number of aromatic nitrogens is 1. The standard InChI is InChI=1S/C24H31N2O2S2/c1-25(2)22-11-9-20(10-12-22)7-8-21-13-16-26(17-14-21)15-3-6-24(27)28-23-5-4-18-29-30-19-23/h7-14,16-17,23H,3-6,15,18-19H2,1-2H3/q+1. The molecule has 1 aliphatic heterocycles. The highest BCUT2D eigenvalue weighted by molar-refractivity contribution is 8.76. The summed E-state index contributed by atoms with van der Waals surface area (Å²) in [5, 5.41) is 0. The third kappa shape index (κ3) is 7.73. The van der Waals surface area contributed by atoms with Crippen molar-refractivity contribution in [1.29, 1.82) is 0 Å². The summed E-state index contributed by atoms with van der Waals surface area (Å²) in [5.41, 5.74) is 3.54. The van der Waals surface area contributed by atoms with Crippen LogP contribution in [0, 0.1) is 0 Å². The molecule has 0 saturated carbocycles. The Morgan fingerprint density at radius 3 is 2.50 bits per heavy atom. The number of hydrogen-bond donors (Lipinski definition) is 0. The Bertz CT molecular complexity index is 812. The summed E-state index contributed by atoms with van der Waals surface area (Å²) >= 11 is 0. The molecule has 4 nitrogen and oxygen atoms in total. The lowest BCUT2D eigenvalue weighted by Gasteiger charge is -2.14. The fraction of sp³-hybridized carbons (Fsp3) is 0.417. The lowest BCUT2D eigenvalue weighted by atomic mass is 10.1. The molecule has 1 aromatic carbocycles. The van der Waals surface area contributed by atoms with E-state index in [0.29, 0.717) is 6.42 Å².